The molecule has 0 spiro atoms. The second kappa shape index (κ2) is 4.98. The van der Waals surface area contributed by atoms with Gasteiger partial charge in [0.2, 0.25) is 0 Å². The quantitative estimate of drug-likeness (QED) is 0.595. The van der Waals surface area contributed by atoms with E-state index in [0.717, 1.165) is 12.1 Å². The number of carbonyl (C=O) groups is 1. The maximum Gasteiger partial charge on any atom is 0.417 e. The molecule has 88 valence electrons. The van der Waals surface area contributed by atoms with Crippen LogP contribution in [0.2, 0.25) is 0 Å². The second-order valence-corrected chi connectivity index (χ2v) is 2.88. The SMILES string of the molecule is COCOC(=O)c1ccccc1C(F)(F)F. The van der Waals surface area contributed by atoms with Crippen molar-refractivity contribution in [1.29, 1.82) is 0 Å². The molecule has 3 nitrogen and oxygen atoms in total. The minimum atomic E-state index is -4.58. The molecule has 1 aromatic carbocycles. The molecule has 0 amide bonds. The Morgan fingerprint density at radius 2 is 1.94 bits per heavy atom. The fourth-order valence-corrected chi connectivity index (χ4v) is 1.10. The van der Waals surface area contributed by atoms with Crippen LogP contribution in [-0.4, -0.2) is 19.9 Å². The number of halogens is 3. The normalized spacial score (nSPS) is 11.2. The van der Waals surface area contributed by atoms with Gasteiger partial charge in [-0.05, 0) is 12.1 Å². The molecular weight excluding hydrogens is 225 g/mol. The van der Waals surface area contributed by atoms with Crippen molar-refractivity contribution in [1.82, 2.24) is 0 Å². The topological polar surface area (TPSA) is 35.5 Å². The lowest BCUT2D eigenvalue weighted by atomic mass is 10.1. The molecule has 0 unspecified atom stereocenters. The van der Waals surface area contributed by atoms with E-state index in [0.29, 0.717) is 0 Å². The van der Waals surface area contributed by atoms with Gasteiger partial charge in [0.25, 0.3) is 0 Å². The molecule has 0 saturated heterocycles. The third kappa shape index (κ3) is 2.96. The van der Waals surface area contributed by atoms with E-state index < -0.39 is 23.3 Å². The summed E-state index contributed by atoms with van der Waals surface area (Å²) < 4.78 is 46.4. The number of hydrogen-bond donors (Lipinski definition) is 0. The number of alkyl halides is 3. The Morgan fingerprint density at radius 1 is 1.31 bits per heavy atom. The lowest BCUT2D eigenvalue weighted by Crippen LogP contribution is -2.15. The van der Waals surface area contributed by atoms with Crippen molar-refractivity contribution in [3.05, 3.63) is 35.4 Å². The summed E-state index contributed by atoms with van der Waals surface area (Å²) in [6.07, 6.45) is -4.58. The van der Waals surface area contributed by atoms with Crippen LogP contribution in [0.5, 0.6) is 0 Å². The van der Waals surface area contributed by atoms with Gasteiger partial charge < -0.3 is 9.47 Å². The maximum atomic E-state index is 12.5. The number of carbonyl (C=O) groups excluding carboxylic acids is 1. The Kier molecular flexibility index (Phi) is 3.89. The van der Waals surface area contributed by atoms with E-state index >= 15 is 0 Å². The van der Waals surface area contributed by atoms with Crippen molar-refractivity contribution in [3.63, 3.8) is 0 Å². The summed E-state index contributed by atoms with van der Waals surface area (Å²) in [5, 5.41) is 0. The molecule has 6 heteroatoms. The summed E-state index contributed by atoms with van der Waals surface area (Å²) in [5.41, 5.74) is -1.54. The third-order valence-electron chi connectivity index (χ3n) is 1.76. The molecule has 0 bridgehead atoms. The smallest absolute Gasteiger partial charge is 0.417 e. The van der Waals surface area contributed by atoms with Crippen LogP contribution in [0.3, 0.4) is 0 Å². The minimum absolute atomic E-state index is 0.384. The third-order valence-corrected chi connectivity index (χ3v) is 1.76. The molecular formula is C10H9F3O3. The van der Waals surface area contributed by atoms with E-state index in [-0.39, 0.29) is 6.79 Å². The molecule has 0 N–H and O–H groups in total. The average molecular weight is 234 g/mol. The van der Waals surface area contributed by atoms with Crippen molar-refractivity contribution in [2.24, 2.45) is 0 Å². The number of rotatable bonds is 3. The van der Waals surface area contributed by atoms with Crippen LogP contribution in [-0.2, 0) is 15.7 Å². The van der Waals surface area contributed by atoms with Crippen molar-refractivity contribution in [3.8, 4) is 0 Å². The van der Waals surface area contributed by atoms with Gasteiger partial charge in [0.05, 0.1) is 11.1 Å². The molecule has 1 aromatic rings. The first-order valence-corrected chi connectivity index (χ1v) is 4.29. The Labute approximate surface area is 89.8 Å². The second-order valence-electron chi connectivity index (χ2n) is 2.88. The van der Waals surface area contributed by atoms with Gasteiger partial charge in [-0.3, -0.25) is 0 Å². The van der Waals surface area contributed by atoms with Gasteiger partial charge >= 0.3 is 12.1 Å². The van der Waals surface area contributed by atoms with Crippen LogP contribution < -0.4 is 0 Å². The van der Waals surface area contributed by atoms with E-state index in [1.807, 2.05) is 0 Å². The summed E-state index contributed by atoms with van der Waals surface area (Å²) in [6.45, 7) is -0.384. The van der Waals surface area contributed by atoms with Crippen LogP contribution in [0.15, 0.2) is 24.3 Å². The van der Waals surface area contributed by atoms with E-state index in [9.17, 15) is 18.0 Å². The molecule has 0 fully saturated rings. The van der Waals surface area contributed by atoms with Crippen molar-refractivity contribution >= 4 is 5.97 Å². The van der Waals surface area contributed by atoms with E-state index in [1.165, 1.54) is 19.2 Å². The Bertz CT molecular complexity index is 374. The van der Waals surface area contributed by atoms with Crippen LogP contribution >= 0.6 is 0 Å². The zero-order valence-corrected chi connectivity index (χ0v) is 8.38. The molecule has 0 saturated carbocycles. The number of esters is 1. The molecule has 16 heavy (non-hydrogen) atoms. The summed E-state index contributed by atoms with van der Waals surface area (Å²) >= 11 is 0. The van der Waals surface area contributed by atoms with Gasteiger partial charge in [0.15, 0.2) is 6.79 Å². The average Bonchev–Trinajstić information content (AvgIpc) is 2.24. The molecule has 0 aliphatic rings. The Hall–Kier alpha value is -1.56. The van der Waals surface area contributed by atoms with E-state index in [4.69, 9.17) is 0 Å². The van der Waals surface area contributed by atoms with E-state index in [2.05, 4.69) is 9.47 Å². The van der Waals surface area contributed by atoms with Gasteiger partial charge in [-0.2, -0.15) is 13.2 Å². The van der Waals surface area contributed by atoms with Gasteiger partial charge in [-0.25, -0.2) is 4.79 Å². The largest absolute Gasteiger partial charge is 0.435 e. The first-order valence-electron chi connectivity index (χ1n) is 4.29. The first kappa shape index (κ1) is 12.5. The molecule has 0 aliphatic carbocycles. The fraction of sp³-hybridized carbons (Fsp3) is 0.300. The van der Waals surface area contributed by atoms with E-state index in [1.54, 1.807) is 0 Å². The Balaban J connectivity index is 3.00. The lowest BCUT2D eigenvalue weighted by molar-refractivity contribution is -0.138. The fourth-order valence-electron chi connectivity index (χ4n) is 1.10. The number of methoxy groups -OCH3 is 1. The molecule has 1 rings (SSSR count). The monoisotopic (exact) mass is 234 g/mol. The molecule has 0 radical (unpaired) electrons. The number of benzene rings is 1. The molecule has 0 heterocycles. The van der Waals surface area contributed by atoms with Gasteiger partial charge in [-0.15, -0.1) is 0 Å². The zero-order valence-electron chi connectivity index (χ0n) is 8.38. The van der Waals surface area contributed by atoms with Crippen LogP contribution in [0, 0.1) is 0 Å². The van der Waals surface area contributed by atoms with Crippen LogP contribution in [0.4, 0.5) is 13.2 Å². The predicted octanol–water partition coefficient (Wildman–Crippen LogP) is 2.47. The Morgan fingerprint density at radius 3 is 2.50 bits per heavy atom. The summed E-state index contributed by atoms with van der Waals surface area (Å²) in [4.78, 5) is 11.3. The van der Waals surface area contributed by atoms with Crippen LogP contribution in [0.1, 0.15) is 15.9 Å². The molecule has 0 aliphatic heterocycles. The highest BCUT2D eigenvalue weighted by molar-refractivity contribution is 5.91. The summed E-state index contributed by atoms with van der Waals surface area (Å²) in [7, 11) is 1.27. The summed E-state index contributed by atoms with van der Waals surface area (Å²) in [5.74, 6) is -1.06. The van der Waals surface area contributed by atoms with Crippen molar-refractivity contribution in [2.75, 3.05) is 13.9 Å². The predicted molar refractivity (Wildman–Crippen MR) is 48.7 cm³/mol. The number of hydrogen-bond acceptors (Lipinski definition) is 3. The molecule has 0 aromatic heterocycles. The van der Waals surface area contributed by atoms with Crippen molar-refractivity contribution in [2.45, 2.75) is 6.18 Å². The highest BCUT2D eigenvalue weighted by atomic mass is 19.4. The summed E-state index contributed by atoms with van der Waals surface area (Å²) in [6, 6.07) is 4.42. The number of ether oxygens (including phenoxy) is 2. The van der Waals surface area contributed by atoms with Crippen molar-refractivity contribution < 1.29 is 27.4 Å². The maximum absolute atomic E-state index is 12.5. The van der Waals surface area contributed by atoms with Gasteiger partial charge in [0, 0.05) is 7.11 Å². The first-order chi connectivity index (χ1) is 7.46. The standard InChI is InChI=1S/C10H9F3O3/c1-15-6-16-9(14)7-4-2-3-5-8(7)10(11,12)13/h2-5H,6H2,1H3. The lowest BCUT2D eigenvalue weighted by Gasteiger charge is -2.11. The highest BCUT2D eigenvalue weighted by Gasteiger charge is 2.35. The van der Waals surface area contributed by atoms with Gasteiger partial charge in [-0.1, -0.05) is 12.1 Å². The van der Waals surface area contributed by atoms with Crippen LogP contribution in [0.25, 0.3) is 0 Å². The zero-order chi connectivity index (χ0) is 12.2. The minimum Gasteiger partial charge on any atom is -0.435 e. The highest BCUT2D eigenvalue weighted by Crippen LogP contribution is 2.32. The molecule has 0 atom stereocenters. The van der Waals surface area contributed by atoms with Gasteiger partial charge in [0.1, 0.15) is 0 Å².